The minimum absolute atomic E-state index is 0.0977. The van der Waals surface area contributed by atoms with Crippen molar-refractivity contribution in [3.8, 4) is 0 Å². The average Bonchev–Trinajstić information content (AvgIpc) is 3.28. The second kappa shape index (κ2) is 11.2. The normalized spacial score (nSPS) is 18.2. The topological polar surface area (TPSA) is 105 Å². The fourth-order valence-electron chi connectivity index (χ4n) is 4.33. The van der Waals surface area contributed by atoms with E-state index in [1.807, 2.05) is 50.2 Å². The number of benzene rings is 2. The molecule has 176 valence electrons. The van der Waals surface area contributed by atoms with Crippen LogP contribution in [-0.2, 0) is 14.4 Å². The Bertz CT molecular complexity index is 907. The van der Waals surface area contributed by atoms with E-state index in [-0.39, 0.29) is 17.9 Å². The Balaban J connectivity index is 1.81. The smallest absolute Gasteiger partial charge is 0.249 e. The molecule has 3 amide bonds. The van der Waals surface area contributed by atoms with E-state index in [1.165, 1.54) is 0 Å². The number of nitrogens with zero attached hydrogens (tertiary/aromatic N) is 1. The summed E-state index contributed by atoms with van der Waals surface area (Å²) in [5.41, 5.74) is 7.82. The third kappa shape index (κ3) is 6.06. The van der Waals surface area contributed by atoms with Crippen LogP contribution in [0.25, 0.3) is 0 Å². The summed E-state index contributed by atoms with van der Waals surface area (Å²) in [7, 11) is 0. The molecule has 1 fully saturated rings. The molecule has 0 radical (unpaired) electrons. The van der Waals surface area contributed by atoms with Gasteiger partial charge in [-0.05, 0) is 43.4 Å². The van der Waals surface area contributed by atoms with Crippen LogP contribution < -0.4 is 16.4 Å². The molecule has 2 aromatic rings. The molecule has 0 unspecified atom stereocenters. The van der Waals surface area contributed by atoms with Crippen LogP contribution in [0, 0.1) is 5.92 Å². The highest BCUT2D eigenvalue weighted by atomic mass is 16.2. The highest BCUT2D eigenvalue weighted by Crippen LogP contribution is 2.34. The Hall–Kier alpha value is -3.03. The van der Waals surface area contributed by atoms with Crippen LogP contribution in [0.2, 0.25) is 0 Å². The number of rotatable bonds is 8. The SMILES string of the molecule is CC(C)[C@H](NC(=O)[C@H](C)N)C(=O)NC(=O)[C@@H]1CCCN1C(c1ccccc1)c1ccccc1. The highest BCUT2D eigenvalue weighted by molar-refractivity contribution is 6.01. The zero-order valence-electron chi connectivity index (χ0n) is 19.5. The maximum Gasteiger partial charge on any atom is 0.249 e. The van der Waals surface area contributed by atoms with E-state index in [1.54, 1.807) is 6.92 Å². The van der Waals surface area contributed by atoms with E-state index in [0.29, 0.717) is 6.42 Å². The van der Waals surface area contributed by atoms with E-state index in [9.17, 15) is 14.4 Å². The van der Waals surface area contributed by atoms with Gasteiger partial charge in [-0.3, -0.25) is 24.6 Å². The molecular weight excluding hydrogens is 416 g/mol. The van der Waals surface area contributed by atoms with Crippen molar-refractivity contribution < 1.29 is 14.4 Å². The van der Waals surface area contributed by atoms with Crippen LogP contribution in [-0.4, -0.2) is 47.3 Å². The number of likely N-dealkylation sites (tertiary alicyclic amines) is 1. The van der Waals surface area contributed by atoms with Crippen molar-refractivity contribution in [3.63, 3.8) is 0 Å². The minimum atomic E-state index is -0.832. The van der Waals surface area contributed by atoms with Gasteiger partial charge in [0.05, 0.1) is 18.1 Å². The molecule has 0 saturated carbocycles. The fraction of sp³-hybridized carbons (Fsp3) is 0.423. The predicted octanol–water partition coefficient (Wildman–Crippen LogP) is 2.37. The van der Waals surface area contributed by atoms with Crippen molar-refractivity contribution in [2.45, 2.75) is 57.8 Å². The van der Waals surface area contributed by atoms with Gasteiger partial charge >= 0.3 is 0 Å². The van der Waals surface area contributed by atoms with E-state index in [0.717, 1.165) is 24.1 Å². The molecule has 1 heterocycles. The zero-order chi connectivity index (χ0) is 24.0. The quantitative estimate of drug-likeness (QED) is 0.573. The monoisotopic (exact) mass is 450 g/mol. The van der Waals surface area contributed by atoms with Gasteiger partial charge in [-0.2, -0.15) is 0 Å². The molecule has 33 heavy (non-hydrogen) atoms. The summed E-state index contributed by atoms with van der Waals surface area (Å²) in [6.45, 7) is 5.94. The van der Waals surface area contributed by atoms with Crippen molar-refractivity contribution in [3.05, 3.63) is 71.8 Å². The summed E-state index contributed by atoms with van der Waals surface area (Å²) in [4.78, 5) is 40.4. The molecular formula is C26H34N4O3. The van der Waals surface area contributed by atoms with Gasteiger partial charge in [-0.25, -0.2) is 0 Å². The van der Waals surface area contributed by atoms with E-state index < -0.39 is 29.9 Å². The first-order chi connectivity index (χ1) is 15.8. The number of hydrogen-bond donors (Lipinski definition) is 3. The molecule has 0 aromatic heterocycles. The molecule has 0 aliphatic carbocycles. The Labute approximate surface area is 195 Å². The highest BCUT2D eigenvalue weighted by Gasteiger charge is 2.38. The standard InChI is InChI=1S/C26H34N4O3/c1-17(2)22(28-24(31)18(3)27)26(33)29-25(32)21-15-10-16-30(21)23(19-11-6-4-7-12-19)20-13-8-5-9-14-20/h4-9,11-14,17-18,21-23H,10,15-16,27H2,1-3H3,(H,28,31)(H,29,32,33)/t18-,21-,22-/m0/s1. The Morgan fingerprint density at radius 3 is 1.94 bits per heavy atom. The number of carbonyl (C=O) groups is 3. The van der Waals surface area contributed by atoms with Gasteiger partial charge in [0.1, 0.15) is 6.04 Å². The van der Waals surface area contributed by atoms with Gasteiger partial charge in [0.2, 0.25) is 17.7 Å². The summed E-state index contributed by atoms with van der Waals surface area (Å²) in [6, 6.07) is 18.1. The summed E-state index contributed by atoms with van der Waals surface area (Å²) in [6.07, 6.45) is 1.52. The first kappa shape index (κ1) is 24.6. The number of amides is 3. The number of nitrogens with two attached hydrogens (primary N) is 1. The predicted molar refractivity (Wildman–Crippen MR) is 128 cm³/mol. The van der Waals surface area contributed by atoms with Gasteiger partial charge < -0.3 is 11.1 Å². The third-order valence-corrected chi connectivity index (χ3v) is 6.07. The molecule has 3 atom stereocenters. The average molecular weight is 451 g/mol. The van der Waals surface area contributed by atoms with Gasteiger partial charge in [-0.15, -0.1) is 0 Å². The molecule has 0 spiro atoms. The molecule has 0 bridgehead atoms. The lowest BCUT2D eigenvalue weighted by molar-refractivity contribution is -0.137. The van der Waals surface area contributed by atoms with Crippen molar-refractivity contribution in [2.24, 2.45) is 11.7 Å². The molecule has 4 N–H and O–H groups in total. The van der Waals surface area contributed by atoms with Crippen LogP contribution in [0.15, 0.2) is 60.7 Å². The van der Waals surface area contributed by atoms with Crippen molar-refractivity contribution >= 4 is 17.7 Å². The first-order valence-electron chi connectivity index (χ1n) is 11.6. The van der Waals surface area contributed by atoms with Gasteiger partial charge in [0.15, 0.2) is 0 Å². The molecule has 2 aromatic carbocycles. The number of carbonyl (C=O) groups excluding carboxylic acids is 3. The summed E-state index contributed by atoms with van der Waals surface area (Å²) < 4.78 is 0. The second-order valence-electron chi connectivity index (χ2n) is 8.99. The van der Waals surface area contributed by atoms with E-state index >= 15 is 0 Å². The van der Waals surface area contributed by atoms with Crippen LogP contribution in [0.5, 0.6) is 0 Å². The first-order valence-corrected chi connectivity index (χ1v) is 11.6. The van der Waals surface area contributed by atoms with Crippen LogP contribution >= 0.6 is 0 Å². The summed E-state index contributed by atoms with van der Waals surface area (Å²) in [5, 5.41) is 5.22. The summed E-state index contributed by atoms with van der Waals surface area (Å²) in [5.74, 6) is -1.46. The number of nitrogens with one attached hydrogen (secondary N) is 2. The molecule has 1 saturated heterocycles. The Morgan fingerprint density at radius 1 is 0.909 bits per heavy atom. The lowest BCUT2D eigenvalue weighted by Gasteiger charge is -2.33. The minimum Gasteiger partial charge on any atom is -0.343 e. The van der Waals surface area contributed by atoms with E-state index in [4.69, 9.17) is 5.73 Å². The van der Waals surface area contributed by atoms with Gasteiger partial charge in [0.25, 0.3) is 0 Å². The lowest BCUT2D eigenvalue weighted by Crippen LogP contribution is -2.56. The fourth-order valence-corrected chi connectivity index (χ4v) is 4.33. The lowest BCUT2D eigenvalue weighted by atomic mass is 9.96. The Morgan fingerprint density at radius 2 is 1.45 bits per heavy atom. The van der Waals surface area contributed by atoms with E-state index in [2.05, 4.69) is 39.8 Å². The van der Waals surface area contributed by atoms with Crippen molar-refractivity contribution in [2.75, 3.05) is 6.54 Å². The molecule has 7 nitrogen and oxygen atoms in total. The number of imide groups is 1. The maximum atomic E-state index is 13.3. The molecule has 1 aliphatic heterocycles. The van der Waals surface area contributed by atoms with Crippen LogP contribution in [0.4, 0.5) is 0 Å². The summed E-state index contributed by atoms with van der Waals surface area (Å²) >= 11 is 0. The second-order valence-corrected chi connectivity index (χ2v) is 8.99. The van der Waals surface area contributed by atoms with Crippen LogP contribution in [0.3, 0.4) is 0 Å². The molecule has 7 heteroatoms. The van der Waals surface area contributed by atoms with Crippen LogP contribution in [0.1, 0.15) is 50.8 Å². The largest absolute Gasteiger partial charge is 0.343 e. The van der Waals surface area contributed by atoms with Gasteiger partial charge in [0, 0.05) is 0 Å². The number of hydrogen-bond acceptors (Lipinski definition) is 5. The maximum absolute atomic E-state index is 13.3. The van der Waals surface area contributed by atoms with Crippen molar-refractivity contribution in [1.82, 2.24) is 15.5 Å². The zero-order valence-corrected chi connectivity index (χ0v) is 19.5. The van der Waals surface area contributed by atoms with Crippen molar-refractivity contribution in [1.29, 1.82) is 0 Å². The Kier molecular flexibility index (Phi) is 8.36. The molecule has 3 rings (SSSR count). The molecule has 1 aliphatic rings. The third-order valence-electron chi connectivity index (χ3n) is 6.07. The van der Waals surface area contributed by atoms with Gasteiger partial charge in [-0.1, -0.05) is 74.5 Å².